The number of carbonyl (C=O) groups excluding carboxylic acids is 3. The molecule has 0 N–H and O–H groups in total. The van der Waals surface area contributed by atoms with Crippen LogP contribution in [0, 0.1) is 22.2 Å². The fourth-order valence-electron chi connectivity index (χ4n) is 6.44. The lowest BCUT2D eigenvalue weighted by molar-refractivity contribution is -0.215. The van der Waals surface area contributed by atoms with Gasteiger partial charge in [0.05, 0.1) is 36.8 Å². The molecule has 2 aliphatic rings. The van der Waals surface area contributed by atoms with Gasteiger partial charge in [0.25, 0.3) is 5.91 Å². The number of carbonyl (C=O) groups is 3. The van der Waals surface area contributed by atoms with E-state index in [2.05, 4.69) is 20.8 Å². The number of piperidine rings is 1. The second-order valence-electron chi connectivity index (χ2n) is 16.8. The Hall–Kier alpha value is -3.24. The van der Waals surface area contributed by atoms with Crippen molar-refractivity contribution in [1.82, 2.24) is 4.90 Å². The van der Waals surface area contributed by atoms with Gasteiger partial charge in [-0.25, -0.2) is 0 Å². The number of esters is 2. The van der Waals surface area contributed by atoms with Crippen molar-refractivity contribution in [3.05, 3.63) is 52.5 Å². The quantitative estimate of drug-likeness (QED) is 0.135. The molecule has 2 aliphatic heterocycles. The van der Waals surface area contributed by atoms with E-state index in [9.17, 15) is 18.9 Å². The van der Waals surface area contributed by atoms with Gasteiger partial charge in [-0.2, -0.15) is 0 Å². The Morgan fingerprint density at radius 2 is 1.58 bits per heavy atom. The molecule has 286 valence electrons. The molecular formula is C39H55ClN2O9P+. The predicted molar refractivity (Wildman–Crippen MR) is 201 cm³/mol. The molecule has 2 aromatic carbocycles. The minimum absolute atomic E-state index is 0.210. The highest BCUT2D eigenvalue weighted by molar-refractivity contribution is 7.23. The Bertz CT molecular complexity index is 1600. The second kappa shape index (κ2) is 16.4. The van der Waals surface area contributed by atoms with Crippen molar-refractivity contribution in [3.63, 3.8) is 0 Å². The molecule has 3 unspecified atom stereocenters. The largest absolute Gasteiger partial charge is 0.493 e. The lowest BCUT2D eigenvalue weighted by Gasteiger charge is -2.44. The highest BCUT2D eigenvalue weighted by atomic mass is 35.5. The normalized spacial score (nSPS) is 21.8. The Morgan fingerprint density at radius 1 is 0.942 bits per heavy atom. The predicted octanol–water partition coefficient (Wildman–Crippen LogP) is 7.79. The maximum atomic E-state index is 15.0. The van der Waals surface area contributed by atoms with Crippen LogP contribution >= 0.6 is 20.1 Å². The maximum absolute atomic E-state index is 15.0. The number of hydrogen-bond acceptors (Lipinski definition) is 10. The Labute approximate surface area is 314 Å². The summed E-state index contributed by atoms with van der Waals surface area (Å²) < 4.78 is 42.7. The van der Waals surface area contributed by atoms with E-state index in [0.717, 1.165) is 0 Å². The van der Waals surface area contributed by atoms with Crippen molar-refractivity contribution in [1.29, 1.82) is 0 Å². The minimum Gasteiger partial charge on any atom is -0.493 e. The summed E-state index contributed by atoms with van der Waals surface area (Å²) in [6.07, 6.45) is -2.17. The van der Waals surface area contributed by atoms with Gasteiger partial charge in [-0.05, 0) is 84.1 Å². The fourth-order valence-corrected chi connectivity index (χ4v) is 7.22. The number of ether oxygens (including phenoxy) is 5. The average molecular weight is 762 g/mol. The molecule has 1 saturated heterocycles. The lowest BCUT2D eigenvalue weighted by atomic mass is 9.89. The van der Waals surface area contributed by atoms with Gasteiger partial charge in [0, 0.05) is 35.2 Å². The molecule has 11 nitrogen and oxygen atoms in total. The highest BCUT2D eigenvalue weighted by Crippen LogP contribution is 2.46. The SMILES string of the molecule is COc1cccc([C@H]2O[C@@H](N3CCC(C(OC(=O)C(C)(C)C)OC(=O)C(C)(C)C)CC3C[PH+]=O)C(=O)N(CC(C)(C)C)c3ccc(Cl)cc32)c1OC. The van der Waals surface area contributed by atoms with Gasteiger partial charge in [-0.15, -0.1) is 0 Å². The summed E-state index contributed by atoms with van der Waals surface area (Å²) >= 11 is 6.62. The zero-order valence-electron chi connectivity index (χ0n) is 32.3. The molecule has 0 aliphatic carbocycles. The summed E-state index contributed by atoms with van der Waals surface area (Å²) in [4.78, 5) is 44.9. The first kappa shape index (κ1) is 41.5. The molecule has 1 amide bonds. The number of halogens is 1. The first-order chi connectivity index (χ1) is 24.2. The molecule has 2 aromatic rings. The van der Waals surface area contributed by atoms with Crippen molar-refractivity contribution < 1.29 is 42.6 Å². The number of rotatable bonds is 10. The standard InChI is InChI=1S/C39H54ClN2O9P/c1-37(2,3)22-42-28-16-15-24(40)20-27(28)30(26-13-12-14-29(47-10)31(26)48-11)49-33(32(42)43)41-18-17-23(19-25(41)21-52-46)34(50-35(44)38(4,5)6)51-36(45)39(7,8)9/h12-16,20,23,25,30,33-34H,17-19,21-22H2,1-11H3/p+1/t23?,25?,30-,33-/m1/s1. The van der Waals surface area contributed by atoms with Gasteiger partial charge < -0.3 is 28.6 Å². The zero-order valence-corrected chi connectivity index (χ0v) is 34.1. The third kappa shape index (κ3) is 9.64. The van der Waals surface area contributed by atoms with Crippen LogP contribution in [0.2, 0.25) is 5.02 Å². The van der Waals surface area contributed by atoms with Gasteiger partial charge in [-0.1, -0.05) is 49.1 Å². The van der Waals surface area contributed by atoms with Crippen LogP contribution in [0.3, 0.4) is 0 Å². The van der Waals surface area contributed by atoms with E-state index in [1.54, 1.807) is 72.8 Å². The van der Waals surface area contributed by atoms with Crippen molar-refractivity contribution in [2.45, 2.75) is 99.8 Å². The average Bonchev–Trinajstić information content (AvgIpc) is 3.16. The number of methoxy groups -OCH3 is 2. The van der Waals surface area contributed by atoms with E-state index in [1.807, 2.05) is 29.2 Å². The van der Waals surface area contributed by atoms with E-state index >= 15 is 0 Å². The summed E-state index contributed by atoms with van der Waals surface area (Å²) in [7, 11) is 2.42. The van der Waals surface area contributed by atoms with Crippen LogP contribution in [0.5, 0.6) is 11.5 Å². The van der Waals surface area contributed by atoms with Gasteiger partial charge in [0.1, 0.15) is 6.10 Å². The zero-order chi connectivity index (χ0) is 38.8. The van der Waals surface area contributed by atoms with Crippen LogP contribution in [0.15, 0.2) is 36.4 Å². The number of anilines is 1. The molecule has 0 radical (unpaired) electrons. The monoisotopic (exact) mass is 761 g/mol. The van der Waals surface area contributed by atoms with Crippen molar-refractivity contribution in [3.8, 4) is 11.5 Å². The van der Waals surface area contributed by atoms with Gasteiger partial charge in [-0.3, -0.25) is 19.3 Å². The number of benzene rings is 2. The van der Waals surface area contributed by atoms with E-state index in [4.69, 9.17) is 35.3 Å². The molecular weight excluding hydrogens is 707 g/mol. The molecule has 0 spiro atoms. The van der Waals surface area contributed by atoms with E-state index in [0.29, 0.717) is 59.3 Å². The van der Waals surface area contributed by atoms with Crippen molar-refractivity contribution >= 4 is 43.6 Å². The molecule has 4 rings (SSSR count). The third-order valence-corrected chi connectivity index (χ3v) is 10.0. The van der Waals surface area contributed by atoms with Crippen LogP contribution < -0.4 is 14.4 Å². The maximum Gasteiger partial charge on any atom is 0.326 e. The van der Waals surface area contributed by atoms with Gasteiger partial charge in [0.15, 0.2) is 23.9 Å². The molecule has 5 atom stereocenters. The molecule has 0 bridgehead atoms. The molecule has 52 heavy (non-hydrogen) atoms. The molecule has 0 aromatic heterocycles. The number of para-hydroxylation sites is 1. The topological polar surface area (TPSA) is 121 Å². The number of likely N-dealkylation sites (tertiary alicyclic amines) is 1. The van der Waals surface area contributed by atoms with Gasteiger partial charge >= 0.3 is 20.4 Å². The summed E-state index contributed by atoms with van der Waals surface area (Å²) in [5.41, 5.74) is -0.000698. The first-order valence-electron chi connectivity index (χ1n) is 17.7. The van der Waals surface area contributed by atoms with Crippen LogP contribution in [0.4, 0.5) is 5.69 Å². The van der Waals surface area contributed by atoms with Crippen molar-refractivity contribution in [2.75, 3.05) is 38.4 Å². The van der Waals surface area contributed by atoms with E-state index < -0.39 is 61.8 Å². The number of hydrogen-bond donors (Lipinski definition) is 0. The molecule has 0 saturated carbocycles. The number of amides is 1. The van der Waals surface area contributed by atoms with Crippen LogP contribution in [0.1, 0.15) is 92.4 Å². The third-order valence-electron chi connectivity index (χ3n) is 9.13. The number of fused-ring (bicyclic) bond motifs is 1. The minimum atomic E-state index is -1.17. The molecule has 2 heterocycles. The van der Waals surface area contributed by atoms with Crippen LogP contribution in [0.25, 0.3) is 0 Å². The summed E-state index contributed by atoms with van der Waals surface area (Å²) in [6, 6.07) is 10.5. The molecule has 1 fully saturated rings. The smallest absolute Gasteiger partial charge is 0.326 e. The highest BCUT2D eigenvalue weighted by Gasteiger charge is 2.48. The Balaban J connectivity index is 1.82. The Morgan fingerprint density at radius 3 is 2.12 bits per heavy atom. The van der Waals surface area contributed by atoms with Crippen LogP contribution in [-0.4, -0.2) is 74.8 Å². The first-order valence-corrected chi connectivity index (χ1v) is 19.2. The lowest BCUT2D eigenvalue weighted by Crippen LogP contribution is -2.58. The molecule has 13 heteroatoms. The summed E-state index contributed by atoms with van der Waals surface area (Å²) in [5.74, 6) is -0.761. The summed E-state index contributed by atoms with van der Waals surface area (Å²) in [5, 5.41) is 0.475. The summed E-state index contributed by atoms with van der Waals surface area (Å²) in [6.45, 7) is 17.3. The van der Waals surface area contributed by atoms with E-state index in [1.165, 1.54) is 0 Å². The van der Waals surface area contributed by atoms with Gasteiger partial charge in [0.2, 0.25) is 6.29 Å². The Kier molecular flexibility index (Phi) is 13.1. The second-order valence-corrected chi connectivity index (χ2v) is 18.0. The van der Waals surface area contributed by atoms with E-state index in [-0.39, 0.29) is 17.5 Å². The fraction of sp³-hybridized carbons (Fsp3) is 0.615. The van der Waals surface area contributed by atoms with Crippen LogP contribution in [-0.2, 0) is 33.2 Å². The number of nitrogens with zero attached hydrogens (tertiary/aromatic N) is 2. The van der Waals surface area contributed by atoms with Crippen molar-refractivity contribution in [2.24, 2.45) is 22.2 Å².